The molecule has 2 heterocycles. The quantitative estimate of drug-likeness (QED) is 0.559. The second kappa shape index (κ2) is 8.81. The molecule has 0 aliphatic rings. The van der Waals surface area contributed by atoms with E-state index in [-0.39, 0.29) is 18.4 Å². The molecule has 0 saturated carbocycles. The fourth-order valence-electron chi connectivity index (χ4n) is 2.94. The summed E-state index contributed by atoms with van der Waals surface area (Å²) in [5.41, 5.74) is 3.29. The molecule has 3 N–H and O–H groups in total. The smallest absolute Gasteiger partial charge is 0.255 e. The van der Waals surface area contributed by atoms with E-state index < -0.39 is 11.8 Å². The Bertz CT molecular complexity index is 1060. The summed E-state index contributed by atoms with van der Waals surface area (Å²) in [5.74, 6) is -0.0986. The van der Waals surface area contributed by atoms with Crippen LogP contribution in [0, 0.1) is 0 Å². The minimum absolute atomic E-state index is 0.228. The minimum Gasteiger partial charge on any atom is -0.367 e. The van der Waals surface area contributed by atoms with Gasteiger partial charge in [-0.3, -0.25) is 14.6 Å². The van der Waals surface area contributed by atoms with E-state index in [0.717, 1.165) is 21.3 Å². The van der Waals surface area contributed by atoms with Crippen LogP contribution >= 0.6 is 0 Å². The number of aromatic nitrogens is 2. The van der Waals surface area contributed by atoms with Gasteiger partial charge in [-0.2, -0.15) is 0 Å². The number of rotatable bonds is 6. The normalized spacial score (nSPS) is 11.1. The average molecular weight is 393 g/mol. The van der Waals surface area contributed by atoms with Crippen LogP contribution in [0.15, 0.2) is 65.8 Å². The summed E-state index contributed by atoms with van der Waals surface area (Å²) >= 11 is 0. The molecule has 0 spiro atoms. The van der Waals surface area contributed by atoms with Gasteiger partial charge in [0, 0.05) is 35.8 Å². The average Bonchev–Trinajstić information content (AvgIpc) is 2.70. The Morgan fingerprint density at radius 3 is 2.59 bits per heavy atom. The van der Waals surface area contributed by atoms with Crippen molar-refractivity contribution >= 4 is 11.6 Å². The molecule has 0 unspecified atom stereocenters. The fraction of sp³-hybridized carbons (Fsp3) is 0.227. The molecular formula is C22H23N3O4. The van der Waals surface area contributed by atoms with Crippen LogP contribution in [0.5, 0.6) is 0 Å². The number of carbonyl (C=O) groups excluding carboxylic acids is 1. The van der Waals surface area contributed by atoms with Gasteiger partial charge in [-0.1, -0.05) is 26.0 Å². The summed E-state index contributed by atoms with van der Waals surface area (Å²) in [5, 5.41) is 21.0. The number of nitrogens with one attached hydrogen (secondary N) is 1. The lowest BCUT2D eigenvalue weighted by molar-refractivity contribution is -0.0518. The lowest BCUT2D eigenvalue weighted by atomic mass is 9.95. The van der Waals surface area contributed by atoms with E-state index in [0.29, 0.717) is 11.3 Å². The van der Waals surface area contributed by atoms with Crippen molar-refractivity contribution in [3.63, 3.8) is 0 Å². The van der Waals surface area contributed by atoms with Gasteiger partial charge in [-0.05, 0) is 41.3 Å². The predicted molar refractivity (Wildman–Crippen MR) is 111 cm³/mol. The van der Waals surface area contributed by atoms with Gasteiger partial charge in [0.15, 0.2) is 6.29 Å². The zero-order chi connectivity index (χ0) is 21.0. The van der Waals surface area contributed by atoms with Crippen LogP contribution in [0.25, 0.3) is 11.1 Å². The molecule has 150 valence electrons. The first-order valence-electron chi connectivity index (χ1n) is 9.27. The molecule has 7 nitrogen and oxygen atoms in total. The molecule has 0 aliphatic carbocycles. The summed E-state index contributed by atoms with van der Waals surface area (Å²) in [6.07, 6.45) is 3.16. The first-order valence-corrected chi connectivity index (χ1v) is 9.27. The largest absolute Gasteiger partial charge is 0.367 e. The summed E-state index contributed by atoms with van der Waals surface area (Å²) in [6.45, 7) is 3.83. The number of aliphatic hydroxyl groups excluding tert-OH is 1. The van der Waals surface area contributed by atoms with Crippen LogP contribution in [-0.2, 0) is 6.54 Å². The predicted octanol–water partition coefficient (Wildman–Crippen LogP) is 2.60. The molecule has 7 heteroatoms. The number of amides is 1. The van der Waals surface area contributed by atoms with E-state index in [2.05, 4.69) is 24.1 Å². The van der Waals surface area contributed by atoms with Gasteiger partial charge < -0.3 is 20.1 Å². The number of pyridine rings is 2. The van der Waals surface area contributed by atoms with E-state index in [1.165, 1.54) is 18.3 Å². The summed E-state index contributed by atoms with van der Waals surface area (Å²) in [6, 6.07) is 12.2. The second-order valence-electron chi connectivity index (χ2n) is 7.08. The zero-order valence-corrected chi connectivity index (χ0v) is 16.2. The van der Waals surface area contributed by atoms with Crippen LogP contribution in [0.3, 0.4) is 0 Å². The van der Waals surface area contributed by atoms with Crippen LogP contribution in [0.2, 0.25) is 0 Å². The van der Waals surface area contributed by atoms with Gasteiger partial charge in [0.1, 0.15) is 0 Å². The molecule has 0 bridgehead atoms. The molecule has 3 aromatic rings. The highest BCUT2D eigenvalue weighted by Gasteiger charge is 2.13. The first kappa shape index (κ1) is 20.4. The van der Waals surface area contributed by atoms with Crippen molar-refractivity contribution in [2.75, 3.05) is 5.32 Å². The van der Waals surface area contributed by atoms with Crippen molar-refractivity contribution in [1.29, 1.82) is 0 Å². The Morgan fingerprint density at radius 2 is 1.93 bits per heavy atom. The number of hydrogen-bond acceptors (Lipinski definition) is 5. The third-order valence-corrected chi connectivity index (χ3v) is 4.48. The number of anilines is 1. The van der Waals surface area contributed by atoms with Crippen LogP contribution in [-0.4, -0.2) is 32.0 Å². The van der Waals surface area contributed by atoms with Gasteiger partial charge in [0.2, 0.25) is 0 Å². The lowest BCUT2D eigenvalue weighted by Crippen LogP contribution is -2.26. The second-order valence-corrected chi connectivity index (χ2v) is 7.08. The highest BCUT2D eigenvalue weighted by atomic mass is 16.5. The molecule has 0 atom stereocenters. The Balaban J connectivity index is 1.93. The topological polar surface area (TPSA) is 104 Å². The zero-order valence-electron chi connectivity index (χ0n) is 16.2. The van der Waals surface area contributed by atoms with Crippen LogP contribution in [0.1, 0.15) is 35.7 Å². The highest BCUT2D eigenvalue weighted by Crippen LogP contribution is 2.26. The molecule has 2 aromatic heterocycles. The molecule has 29 heavy (non-hydrogen) atoms. The van der Waals surface area contributed by atoms with E-state index in [9.17, 15) is 9.59 Å². The van der Waals surface area contributed by atoms with E-state index in [1.54, 1.807) is 18.5 Å². The summed E-state index contributed by atoms with van der Waals surface area (Å²) < 4.78 is 1.13. The third-order valence-electron chi connectivity index (χ3n) is 4.48. The molecule has 0 fully saturated rings. The van der Waals surface area contributed by atoms with Crippen molar-refractivity contribution in [3.05, 3.63) is 82.5 Å². The molecule has 1 aromatic carbocycles. The maximum absolute atomic E-state index is 12.9. The van der Waals surface area contributed by atoms with Crippen LogP contribution in [0.4, 0.5) is 5.69 Å². The number of carbonyl (C=O) groups is 1. The van der Waals surface area contributed by atoms with Crippen molar-refractivity contribution in [2.24, 2.45) is 0 Å². The Morgan fingerprint density at radius 1 is 1.14 bits per heavy atom. The Kier molecular flexibility index (Phi) is 6.21. The summed E-state index contributed by atoms with van der Waals surface area (Å²) in [4.78, 5) is 28.8. The van der Waals surface area contributed by atoms with Gasteiger partial charge in [0.25, 0.3) is 11.5 Å². The van der Waals surface area contributed by atoms with Gasteiger partial charge in [-0.25, -0.2) is 0 Å². The lowest BCUT2D eigenvalue weighted by Gasteiger charge is -2.14. The van der Waals surface area contributed by atoms with E-state index in [4.69, 9.17) is 10.2 Å². The van der Waals surface area contributed by atoms with Gasteiger partial charge in [-0.15, -0.1) is 0 Å². The standard InChI is InChI=1S/C22H23N3O4/c1-14(2)16-8-17(15-4-3-7-23-11-15)10-18(9-16)22(29)24-19-5-6-20(26)25(12-19)13-21(27)28/h3-12,14,21,27-28H,13H2,1-2H3,(H,24,29). The van der Waals surface area contributed by atoms with E-state index in [1.807, 2.05) is 24.3 Å². The number of benzene rings is 1. The first-order chi connectivity index (χ1) is 13.8. The fourth-order valence-corrected chi connectivity index (χ4v) is 2.94. The number of hydrogen-bond donors (Lipinski definition) is 3. The monoisotopic (exact) mass is 393 g/mol. The van der Waals surface area contributed by atoms with Gasteiger partial charge in [0.05, 0.1) is 12.2 Å². The Labute approximate surface area is 168 Å². The molecule has 0 aliphatic heterocycles. The molecule has 3 rings (SSSR count). The Hall–Kier alpha value is -3.29. The van der Waals surface area contributed by atoms with Crippen molar-refractivity contribution in [1.82, 2.24) is 9.55 Å². The van der Waals surface area contributed by atoms with Crippen LogP contribution < -0.4 is 10.9 Å². The maximum atomic E-state index is 12.9. The maximum Gasteiger partial charge on any atom is 0.255 e. The molecule has 0 radical (unpaired) electrons. The van der Waals surface area contributed by atoms with Crippen molar-refractivity contribution in [2.45, 2.75) is 32.6 Å². The molecule has 0 saturated heterocycles. The summed E-state index contributed by atoms with van der Waals surface area (Å²) in [7, 11) is 0. The number of nitrogens with zero attached hydrogens (tertiary/aromatic N) is 2. The minimum atomic E-state index is -1.66. The van der Waals surface area contributed by atoms with E-state index >= 15 is 0 Å². The number of aliphatic hydroxyl groups is 2. The van der Waals surface area contributed by atoms with Crippen molar-refractivity contribution < 1.29 is 15.0 Å². The molecular weight excluding hydrogens is 370 g/mol. The molecule has 1 amide bonds. The van der Waals surface area contributed by atoms with Crippen molar-refractivity contribution in [3.8, 4) is 11.1 Å². The third kappa shape index (κ3) is 5.16. The SMILES string of the molecule is CC(C)c1cc(C(=O)Nc2ccc(=O)n(CC(O)O)c2)cc(-c2cccnc2)c1. The van der Waals surface area contributed by atoms with Gasteiger partial charge >= 0.3 is 0 Å². The highest BCUT2D eigenvalue weighted by molar-refractivity contribution is 6.05.